The van der Waals surface area contributed by atoms with Crippen LogP contribution in [0.15, 0.2) is 64.5 Å². The number of esters is 1. The third kappa shape index (κ3) is 5.89. The summed E-state index contributed by atoms with van der Waals surface area (Å²) < 4.78 is 10.3. The molecule has 1 heterocycles. The molecule has 0 aromatic heterocycles. The van der Waals surface area contributed by atoms with Crippen molar-refractivity contribution in [2.45, 2.75) is 45.6 Å². The lowest BCUT2D eigenvalue weighted by Gasteiger charge is -2.35. The normalized spacial score (nSPS) is 22.9. The Labute approximate surface area is 205 Å². The lowest BCUT2D eigenvalue weighted by atomic mass is 9.85. The minimum atomic E-state index is -0.399. The van der Waals surface area contributed by atoms with Crippen LogP contribution < -0.4 is 4.74 Å². The van der Waals surface area contributed by atoms with E-state index in [4.69, 9.17) is 14.5 Å². The summed E-state index contributed by atoms with van der Waals surface area (Å²) in [5, 5.41) is 0.746. The number of benzene rings is 2. The van der Waals surface area contributed by atoms with E-state index in [9.17, 15) is 9.59 Å². The van der Waals surface area contributed by atoms with Crippen LogP contribution >= 0.6 is 11.8 Å². The van der Waals surface area contributed by atoms with Crippen molar-refractivity contribution < 1.29 is 19.1 Å². The van der Waals surface area contributed by atoms with Gasteiger partial charge in [-0.15, -0.1) is 0 Å². The number of hydrogen-bond donors (Lipinski definition) is 0. The average molecular weight is 479 g/mol. The molecule has 6 nitrogen and oxygen atoms in total. The highest BCUT2D eigenvalue weighted by molar-refractivity contribution is 8.18. The van der Waals surface area contributed by atoms with E-state index in [1.54, 1.807) is 19.1 Å². The molecule has 2 fully saturated rings. The van der Waals surface area contributed by atoms with Crippen LogP contribution in [0.2, 0.25) is 0 Å². The molecule has 1 amide bonds. The summed E-state index contributed by atoms with van der Waals surface area (Å²) in [6.45, 7) is 4.19. The molecule has 1 aliphatic heterocycles. The molecule has 2 aliphatic rings. The van der Waals surface area contributed by atoms with Gasteiger partial charge in [-0.3, -0.25) is 9.69 Å². The Kier molecular flexibility index (Phi) is 8.06. The van der Waals surface area contributed by atoms with Gasteiger partial charge in [0.15, 0.2) is 11.8 Å². The summed E-state index contributed by atoms with van der Waals surface area (Å²) in [7, 11) is 0. The van der Waals surface area contributed by atoms with Crippen LogP contribution in [-0.4, -0.2) is 41.2 Å². The van der Waals surface area contributed by atoms with E-state index in [1.807, 2.05) is 53.4 Å². The number of carbonyl (C=O) groups excluding carboxylic acids is 2. The topological polar surface area (TPSA) is 68.2 Å². The van der Waals surface area contributed by atoms with Gasteiger partial charge in [-0.2, -0.15) is 0 Å². The third-order valence-electron chi connectivity index (χ3n) is 6.06. The molecule has 2 aromatic rings. The van der Waals surface area contributed by atoms with Crippen LogP contribution in [0.25, 0.3) is 6.08 Å². The molecular weight excluding hydrogens is 448 g/mol. The molecule has 4 rings (SSSR count). The van der Waals surface area contributed by atoms with Crippen LogP contribution in [0.5, 0.6) is 5.75 Å². The molecule has 1 aliphatic carbocycles. The number of para-hydroxylation sites is 1. The van der Waals surface area contributed by atoms with Gasteiger partial charge in [0.1, 0.15) is 5.75 Å². The molecule has 1 saturated carbocycles. The van der Waals surface area contributed by atoms with Crippen LogP contribution in [0.3, 0.4) is 0 Å². The maximum absolute atomic E-state index is 13.5. The summed E-state index contributed by atoms with van der Waals surface area (Å²) in [6.07, 6.45) is 6.38. The van der Waals surface area contributed by atoms with Gasteiger partial charge in [-0.25, -0.2) is 9.79 Å². The van der Waals surface area contributed by atoms with E-state index < -0.39 is 5.97 Å². The van der Waals surface area contributed by atoms with Gasteiger partial charge in [0.05, 0.1) is 17.2 Å². The van der Waals surface area contributed by atoms with E-state index in [0.717, 1.165) is 35.7 Å². The van der Waals surface area contributed by atoms with Gasteiger partial charge >= 0.3 is 5.97 Å². The second-order valence-corrected chi connectivity index (χ2v) is 9.52. The fourth-order valence-electron chi connectivity index (χ4n) is 4.31. The Morgan fingerprint density at radius 1 is 1.12 bits per heavy atom. The maximum Gasteiger partial charge on any atom is 0.344 e. The third-order valence-corrected chi connectivity index (χ3v) is 7.04. The highest BCUT2D eigenvalue weighted by Gasteiger charge is 2.41. The first-order valence-corrected chi connectivity index (χ1v) is 12.6. The summed E-state index contributed by atoms with van der Waals surface area (Å²) in [4.78, 5) is 32.4. The van der Waals surface area contributed by atoms with Crippen molar-refractivity contribution in [3.63, 3.8) is 0 Å². The fraction of sp³-hybridized carbons (Fsp3) is 0.370. The maximum atomic E-state index is 13.5. The van der Waals surface area contributed by atoms with E-state index in [2.05, 4.69) is 6.92 Å². The highest BCUT2D eigenvalue weighted by atomic mass is 32.2. The van der Waals surface area contributed by atoms with Gasteiger partial charge < -0.3 is 9.47 Å². The van der Waals surface area contributed by atoms with Crippen molar-refractivity contribution >= 4 is 40.6 Å². The molecule has 0 N–H and O–H groups in total. The Hall–Kier alpha value is -3.06. The summed E-state index contributed by atoms with van der Waals surface area (Å²) in [6, 6.07) is 17.3. The zero-order valence-corrected chi connectivity index (χ0v) is 20.4. The van der Waals surface area contributed by atoms with Crippen molar-refractivity contribution in [3.8, 4) is 5.75 Å². The molecular formula is C27H30N2O4S. The second kappa shape index (κ2) is 11.4. The summed E-state index contributed by atoms with van der Waals surface area (Å²) in [5.74, 6) is 0.629. The summed E-state index contributed by atoms with van der Waals surface area (Å²) >= 11 is 1.43. The number of rotatable bonds is 7. The fourth-order valence-corrected chi connectivity index (χ4v) is 5.35. The zero-order chi connectivity index (χ0) is 23.9. The van der Waals surface area contributed by atoms with Crippen molar-refractivity contribution in [2.24, 2.45) is 10.9 Å². The minimum Gasteiger partial charge on any atom is -0.482 e. The van der Waals surface area contributed by atoms with Crippen LogP contribution in [0.1, 0.15) is 45.1 Å². The van der Waals surface area contributed by atoms with Crippen molar-refractivity contribution in [3.05, 3.63) is 65.1 Å². The first-order valence-electron chi connectivity index (χ1n) is 11.8. The molecule has 1 saturated heterocycles. The smallest absolute Gasteiger partial charge is 0.344 e. The van der Waals surface area contributed by atoms with E-state index in [0.29, 0.717) is 23.2 Å². The molecule has 178 valence electrons. The van der Waals surface area contributed by atoms with E-state index in [1.165, 1.54) is 18.2 Å². The van der Waals surface area contributed by atoms with E-state index in [-0.39, 0.29) is 18.6 Å². The molecule has 2 atom stereocenters. The van der Waals surface area contributed by atoms with Gasteiger partial charge in [0, 0.05) is 6.04 Å². The molecule has 0 unspecified atom stereocenters. The largest absolute Gasteiger partial charge is 0.482 e. The second-order valence-electron chi connectivity index (χ2n) is 8.51. The van der Waals surface area contributed by atoms with Crippen molar-refractivity contribution in [2.75, 3.05) is 13.2 Å². The molecule has 0 radical (unpaired) electrons. The number of nitrogens with zero attached hydrogens (tertiary/aromatic N) is 2. The molecule has 2 aromatic carbocycles. The lowest BCUT2D eigenvalue weighted by molar-refractivity contribution is -0.145. The number of ether oxygens (including phenoxy) is 2. The Bertz CT molecular complexity index is 1070. The zero-order valence-electron chi connectivity index (χ0n) is 19.6. The van der Waals surface area contributed by atoms with Gasteiger partial charge in [-0.05, 0) is 73.4 Å². The predicted octanol–water partition coefficient (Wildman–Crippen LogP) is 5.81. The Balaban J connectivity index is 1.55. The Morgan fingerprint density at radius 3 is 2.56 bits per heavy atom. The lowest BCUT2D eigenvalue weighted by Crippen LogP contribution is -2.44. The molecule has 0 spiro atoms. The SMILES string of the molecule is CCOC(=O)COc1ccc(/C=C2\SC(=Nc3ccccc3)N([C@@H]3CCCC[C@@H]3C)C2=O)cc1. The van der Waals surface area contributed by atoms with Crippen LogP contribution in [0, 0.1) is 5.92 Å². The number of thioether (sulfide) groups is 1. The number of aliphatic imine (C=N–C) groups is 1. The van der Waals surface area contributed by atoms with E-state index >= 15 is 0 Å². The minimum absolute atomic E-state index is 0.0149. The predicted molar refractivity (Wildman–Crippen MR) is 136 cm³/mol. The van der Waals surface area contributed by atoms with Crippen LogP contribution in [-0.2, 0) is 14.3 Å². The van der Waals surface area contributed by atoms with Crippen LogP contribution in [0.4, 0.5) is 5.69 Å². The summed E-state index contributed by atoms with van der Waals surface area (Å²) in [5.41, 5.74) is 1.73. The number of hydrogen-bond acceptors (Lipinski definition) is 6. The number of carbonyl (C=O) groups is 2. The number of amides is 1. The highest BCUT2D eigenvalue weighted by Crippen LogP contribution is 2.40. The quantitative estimate of drug-likeness (QED) is 0.371. The van der Waals surface area contributed by atoms with Crippen molar-refractivity contribution in [1.82, 2.24) is 4.90 Å². The Morgan fingerprint density at radius 2 is 1.85 bits per heavy atom. The molecule has 7 heteroatoms. The van der Waals surface area contributed by atoms with Crippen molar-refractivity contribution in [1.29, 1.82) is 0 Å². The average Bonchev–Trinajstić information content (AvgIpc) is 3.14. The first kappa shape index (κ1) is 24.1. The monoisotopic (exact) mass is 478 g/mol. The molecule has 0 bridgehead atoms. The van der Waals surface area contributed by atoms with Gasteiger partial charge in [0.25, 0.3) is 5.91 Å². The van der Waals surface area contributed by atoms with Gasteiger partial charge in [0.2, 0.25) is 0 Å². The molecule has 34 heavy (non-hydrogen) atoms. The standard InChI is InChI=1S/C27H30N2O4S/c1-3-32-25(30)18-33-22-15-13-20(14-16-22)17-24-26(31)29(23-12-8-7-9-19(23)2)27(34-24)28-21-10-5-4-6-11-21/h4-6,10-11,13-17,19,23H,3,7-9,12,18H2,1-2H3/b24-17-,28-27?/t19-,23+/m0/s1. The van der Waals surface area contributed by atoms with Gasteiger partial charge in [-0.1, -0.05) is 50.1 Å². The number of amidine groups is 1. The first-order chi connectivity index (χ1) is 16.5.